The van der Waals surface area contributed by atoms with E-state index >= 15 is 0 Å². The Labute approximate surface area is 93.8 Å². The van der Waals surface area contributed by atoms with Crippen LogP contribution in [0.25, 0.3) is 0 Å². The van der Waals surface area contributed by atoms with E-state index < -0.39 is 23.3 Å². The van der Waals surface area contributed by atoms with Crippen molar-refractivity contribution in [1.29, 1.82) is 0 Å². The monoisotopic (exact) mass is 246 g/mol. The molecule has 1 amide bonds. The van der Waals surface area contributed by atoms with Gasteiger partial charge in [0, 0.05) is 6.04 Å². The Balaban J connectivity index is 2.25. The second-order valence-corrected chi connectivity index (χ2v) is 3.86. The van der Waals surface area contributed by atoms with E-state index in [4.69, 9.17) is 0 Å². The molecule has 92 valence electrons. The molecule has 2 N–H and O–H groups in total. The van der Waals surface area contributed by atoms with E-state index in [-0.39, 0.29) is 11.6 Å². The zero-order valence-electron chi connectivity index (χ0n) is 8.60. The zero-order valence-corrected chi connectivity index (χ0v) is 8.60. The molecule has 0 unspecified atom stereocenters. The molecule has 1 aliphatic rings. The second kappa shape index (κ2) is 3.90. The Kier molecular flexibility index (Phi) is 2.68. The van der Waals surface area contributed by atoms with Gasteiger partial charge in [-0.25, -0.2) is 0 Å². The highest BCUT2D eigenvalue weighted by atomic mass is 19.4. The highest BCUT2D eigenvalue weighted by molar-refractivity contribution is 5.94. The number of hydrogen-bond donors (Lipinski definition) is 2. The van der Waals surface area contributed by atoms with Crippen molar-refractivity contribution in [3.63, 3.8) is 0 Å². The summed E-state index contributed by atoms with van der Waals surface area (Å²) in [5.74, 6) is -0.637. The quantitative estimate of drug-likeness (QED) is 0.825. The summed E-state index contributed by atoms with van der Waals surface area (Å²) in [5, 5.41) is 2.53. The van der Waals surface area contributed by atoms with Crippen LogP contribution in [0.15, 0.2) is 16.9 Å². The maximum Gasteiger partial charge on any atom is 0.431 e. The summed E-state index contributed by atoms with van der Waals surface area (Å²) in [6, 6.07) is 1.62. The number of H-pyrrole nitrogens is 1. The largest absolute Gasteiger partial charge is 0.431 e. The normalized spacial score (nSPS) is 15.7. The fraction of sp³-hybridized carbons (Fsp3) is 0.400. The van der Waals surface area contributed by atoms with Gasteiger partial charge in [0.05, 0.1) is 0 Å². The fourth-order valence-corrected chi connectivity index (χ4v) is 1.31. The molecule has 1 saturated carbocycles. The van der Waals surface area contributed by atoms with Gasteiger partial charge in [-0.2, -0.15) is 13.2 Å². The van der Waals surface area contributed by atoms with Gasteiger partial charge in [0.1, 0.15) is 11.3 Å². The molecule has 1 aromatic rings. The van der Waals surface area contributed by atoms with Crippen molar-refractivity contribution >= 4 is 5.91 Å². The van der Waals surface area contributed by atoms with Crippen molar-refractivity contribution in [3.8, 4) is 0 Å². The Bertz CT molecular complexity index is 503. The number of nitrogens with one attached hydrogen (secondary N) is 2. The molecular formula is C10H9F3N2O2. The van der Waals surface area contributed by atoms with Crippen LogP contribution in [-0.2, 0) is 6.18 Å². The summed E-state index contributed by atoms with van der Waals surface area (Å²) in [6.45, 7) is 0. The summed E-state index contributed by atoms with van der Waals surface area (Å²) < 4.78 is 36.8. The molecular weight excluding hydrogens is 237 g/mol. The van der Waals surface area contributed by atoms with E-state index in [1.54, 1.807) is 4.98 Å². The van der Waals surface area contributed by atoms with Crippen LogP contribution in [-0.4, -0.2) is 16.9 Å². The molecule has 1 aromatic heterocycles. The van der Waals surface area contributed by atoms with Crippen molar-refractivity contribution in [2.24, 2.45) is 0 Å². The second-order valence-electron chi connectivity index (χ2n) is 3.86. The predicted octanol–water partition coefficient (Wildman–Crippen LogP) is 1.29. The first-order chi connectivity index (χ1) is 7.88. The lowest BCUT2D eigenvalue weighted by atomic mass is 10.2. The molecule has 2 rings (SSSR count). The van der Waals surface area contributed by atoms with Gasteiger partial charge >= 0.3 is 6.18 Å². The zero-order chi connectivity index (χ0) is 12.6. The van der Waals surface area contributed by atoms with E-state index in [1.807, 2.05) is 0 Å². The third kappa shape index (κ3) is 2.66. The van der Waals surface area contributed by atoms with E-state index in [0.29, 0.717) is 6.07 Å². The van der Waals surface area contributed by atoms with Crippen molar-refractivity contribution < 1.29 is 18.0 Å². The van der Waals surface area contributed by atoms with E-state index in [1.165, 1.54) is 0 Å². The average Bonchev–Trinajstić information content (AvgIpc) is 2.99. The van der Waals surface area contributed by atoms with Crippen LogP contribution in [0.3, 0.4) is 0 Å². The maximum atomic E-state index is 12.3. The maximum absolute atomic E-state index is 12.3. The molecule has 0 spiro atoms. The Morgan fingerprint density at radius 3 is 2.47 bits per heavy atom. The highest BCUT2D eigenvalue weighted by Crippen LogP contribution is 2.26. The van der Waals surface area contributed by atoms with Gasteiger partial charge < -0.3 is 10.3 Å². The van der Waals surface area contributed by atoms with Crippen LogP contribution < -0.4 is 10.9 Å². The molecule has 7 heteroatoms. The van der Waals surface area contributed by atoms with E-state index in [0.717, 1.165) is 18.9 Å². The molecule has 17 heavy (non-hydrogen) atoms. The highest BCUT2D eigenvalue weighted by Gasteiger charge is 2.32. The van der Waals surface area contributed by atoms with Gasteiger partial charge in [-0.15, -0.1) is 0 Å². The molecule has 0 saturated heterocycles. The van der Waals surface area contributed by atoms with Gasteiger partial charge in [-0.3, -0.25) is 9.59 Å². The first-order valence-corrected chi connectivity index (χ1v) is 4.99. The van der Waals surface area contributed by atoms with Crippen LogP contribution in [0.5, 0.6) is 0 Å². The standard InChI is InChI=1S/C10H9F3N2O2/c11-10(12,13)7-4-3-6(9(17)15-7)8(16)14-5-1-2-5/h3-5H,1-2H2,(H,14,16)(H,15,17). The molecule has 0 atom stereocenters. The number of rotatable bonds is 2. The summed E-state index contributed by atoms with van der Waals surface area (Å²) in [5.41, 5.74) is -2.49. The van der Waals surface area contributed by atoms with Crippen LogP contribution in [0.4, 0.5) is 13.2 Å². The number of carbonyl (C=O) groups excluding carboxylic acids is 1. The number of hydrogen-bond acceptors (Lipinski definition) is 2. The van der Waals surface area contributed by atoms with E-state index in [9.17, 15) is 22.8 Å². The van der Waals surface area contributed by atoms with Gasteiger partial charge in [0.15, 0.2) is 0 Å². The summed E-state index contributed by atoms with van der Waals surface area (Å²) in [7, 11) is 0. The molecule has 4 nitrogen and oxygen atoms in total. The Hall–Kier alpha value is -1.79. The third-order valence-electron chi connectivity index (χ3n) is 2.37. The van der Waals surface area contributed by atoms with Crippen molar-refractivity contribution in [2.45, 2.75) is 25.1 Å². The predicted molar refractivity (Wildman–Crippen MR) is 52.6 cm³/mol. The summed E-state index contributed by atoms with van der Waals surface area (Å²) >= 11 is 0. The summed E-state index contributed by atoms with van der Waals surface area (Å²) in [6.07, 6.45) is -2.95. The van der Waals surface area contributed by atoms with E-state index in [2.05, 4.69) is 5.32 Å². The third-order valence-corrected chi connectivity index (χ3v) is 2.37. The molecule has 1 aliphatic carbocycles. The fourth-order valence-electron chi connectivity index (χ4n) is 1.31. The lowest BCUT2D eigenvalue weighted by molar-refractivity contribution is -0.141. The Morgan fingerprint density at radius 2 is 2.00 bits per heavy atom. The number of aromatic amines is 1. The van der Waals surface area contributed by atoms with Gasteiger partial charge in [-0.1, -0.05) is 0 Å². The molecule has 1 heterocycles. The van der Waals surface area contributed by atoms with Crippen LogP contribution in [0, 0.1) is 0 Å². The van der Waals surface area contributed by atoms with Gasteiger partial charge in [0.2, 0.25) is 0 Å². The summed E-state index contributed by atoms with van der Waals surface area (Å²) in [4.78, 5) is 24.4. The average molecular weight is 246 g/mol. The number of carbonyl (C=O) groups is 1. The van der Waals surface area contributed by atoms with Gasteiger partial charge in [0.25, 0.3) is 11.5 Å². The first-order valence-electron chi connectivity index (χ1n) is 4.99. The molecule has 1 fully saturated rings. The molecule has 0 aromatic carbocycles. The van der Waals surface area contributed by atoms with Crippen LogP contribution in [0.1, 0.15) is 28.9 Å². The lowest BCUT2D eigenvalue weighted by Crippen LogP contribution is -2.32. The molecule has 0 radical (unpaired) electrons. The SMILES string of the molecule is O=C(NC1CC1)c1ccc(C(F)(F)F)[nH]c1=O. The smallest absolute Gasteiger partial charge is 0.349 e. The number of aromatic nitrogens is 1. The first kappa shape index (κ1) is 11.7. The number of pyridine rings is 1. The molecule has 0 aliphatic heterocycles. The number of halogens is 3. The van der Waals surface area contributed by atoms with Crippen molar-refractivity contribution in [3.05, 3.63) is 33.7 Å². The van der Waals surface area contributed by atoms with Gasteiger partial charge in [-0.05, 0) is 25.0 Å². The van der Waals surface area contributed by atoms with Crippen LogP contribution >= 0.6 is 0 Å². The minimum atomic E-state index is -4.62. The van der Waals surface area contributed by atoms with Crippen molar-refractivity contribution in [2.75, 3.05) is 0 Å². The molecule has 0 bridgehead atoms. The lowest BCUT2D eigenvalue weighted by Gasteiger charge is -2.07. The minimum Gasteiger partial charge on any atom is -0.349 e. The van der Waals surface area contributed by atoms with Crippen molar-refractivity contribution in [1.82, 2.24) is 10.3 Å². The van der Waals surface area contributed by atoms with Crippen LogP contribution in [0.2, 0.25) is 0 Å². The Morgan fingerprint density at radius 1 is 1.35 bits per heavy atom. The minimum absolute atomic E-state index is 0.0455. The number of alkyl halides is 3. The topological polar surface area (TPSA) is 62.0 Å². The number of amides is 1.